The van der Waals surface area contributed by atoms with E-state index >= 15 is 0 Å². The predicted molar refractivity (Wildman–Crippen MR) is 233 cm³/mol. The van der Waals surface area contributed by atoms with Crippen LogP contribution in [0.3, 0.4) is 0 Å². The average Bonchev–Trinajstić information content (AvgIpc) is 3.18. The van der Waals surface area contributed by atoms with E-state index < -0.39 is 6.03 Å². The molecule has 0 radical (unpaired) electrons. The van der Waals surface area contributed by atoms with E-state index in [1.165, 1.54) is 30.3 Å². The highest BCUT2D eigenvalue weighted by Gasteiger charge is 2.32. The first-order chi connectivity index (χ1) is 28.1. The summed E-state index contributed by atoms with van der Waals surface area (Å²) in [4.78, 5) is 45.1. The molecule has 6 rings (SSSR count). The number of nitrogens with two attached hydrogens (primary N) is 2. The highest BCUT2D eigenvalue weighted by atomic mass is 35.5. The molecule has 2 heterocycles. The van der Waals surface area contributed by atoms with Crippen LogP contribution in [-0.4, -0.2) is 87.8 Å². The molecule has 59 heavy (non-hydrogen) atoms. The average molecular weight is 847 g/mol. The molecule has 0 aliphatic carbocycles. The fourth-order valence-electron chi connectivity index (χ4n) is 7.23. The van der Waals surface area contributed by atoms with Crippen molar-refractivity contribution in [1.29, 1.82) is 0 Å². The van der Waals surface area contributed by atoms with Crippen LogP contribution in [0.2, 0.25) is 10.0 Å². The van der Waals surface area contributed by atoms with E-state index in [9.17, 15) is 23.2 Å². The number of nitrogen functional groups attached to an aromatic ring is 1. The number of hydrogen-bond donors (Lipinski definition) is 3. The van der Waals surface area contributed by atoms with Crippen LogP contribution < -0.4 is 16.8 Å². The van der Waals surface area contributed by atoms with Crippen LogP contribution >= 0.6 is 23.2 Å². The zero-order chi connectivity index (χ0) is 42.8. The van der Waals surface area contributed by atoms with Gasteiger partial charge in [-0.2, -0.15) is 0 Å². The van der Waals surface area contributed by atoms with Crippen LogP contribution in [0.25, 0.3) is 12.2 Å². The molecule has 0 spiro atoms. The molecule has 2 fully saturated rings. The number of benzene rings is 4. The third kappa shape index (κ3) is 12.9. The molecule has 5 N–H and O–H groups in total. The summed E-state index contributed by atoms with van der Waals surface area (Å²) in [5.74, 6) is -0.619. The molecule has 2 saturated heterocycles. The topological polar surface area (TPSA) is 128 Å². The Labute approximate surface area is 355 Å². The number of amides is 4. The molecule has 4 atom stereocenters. The first-order valence-electron chi connectivity index (χ1n) is 19.4. The largest absolute Gasteiger partial charge is 0.398 e. The maximum atomic E-state index is 13.1. The molecule has 4 aromatic rings. The van der Waals surface area contributed by atoms with Crippen LogP contribution in [0.1, 0.15) is 49.9 Å². The minimum absolute atomic E-state index is 0.0160. The van der Waals surface area contributed by atoms with Crippen LogP contribution in [0.4, 0.5) is 25.0 Å². The summed E-state index contributed by atoms with van der Waals surface area (Å²) < 4.78 is 26.3. The van der Waals surface area contributed by atoms with Gasteiger partial charge in [0.15, 0.2) is 0 Å². The van der Waals surface area contributed by atoms with Crippen LogP contribution in [0.15, 0.2) is 97.1 Å². The summed E-state index contributed by atoms with van der Waals surface area (Å²) in [5, 5.41) is 3.53. The second-order valence-electron chi connectivity index (χ2n) is 15.1. The van der Waals surface area contributed by atoms with Crippen molar-refractivity contribution in [2.75, 3.05) is 37.2 Å². The summed E-state index contributed by atoms with van der Waals surface area (Å²) in [6.07, 6.45) is 6.44. The third-order valence-electron chi connectivity index (χ3n) is 10.5. The fourth-order valence-corrected chi connectivity index (χ4v) is 7.58. The van der Waals surface area contributed by atoms with Gasteiger partial charge in [0.2, 0.25) is 11.8 Å². The third-order valence-corrected chi connectivity index (χ3v) is 11.0. The Hall–Kier alpha value is -5.27. The number of anilines is 2. The minimum Gasteiger partial charge on any atom is -0.398 e. The molecule has 0 saturated carbocycles. The van der Waals surface area contributed by atoms with E-state index in [1.54, 1.807) is 66.8 Å². The first kappa shape index (κ1) is 44.8. The number of primary amides is 1. The smallest absolute Gasteiger partial charge is 0.316 e. The molecule has 14 heteroatoms. The molecule has 4 amide bonds. The van der Waals surface area contributed by atoms with Gasteiger partial charge < -0.3 is 26.6 Å². The molecule has 2 aliphatic heterocycles. The SMILES string of the molecule is C[C@@H]1CN(Cc2ccc(F)cc2)[C@@H](C)CN1C(=O)/C=C/c1ccc(Cl)cc1N.C[C@@H]1CN(Cc2ccc(F)cc2)[C@@H](C)CN1C(=O)/C=C/c1ccc(Cl)cc1NC(N)=O. The molecule has 0 unspecified atom stereocenters. The second-order valence-corrected chi connectivity index (χ2v) is 16.0. The van der Waals surface area contributed by atoms with Crippen molar-refractivity contribution in [2.45, 2.75) is 65.0 Å². The van der Waals surface area contributed by atoms with E-state index in [0.717, 1.165) is 29.8 Å². The Morgan fingerprint density at radius 2 is 1.07 bits per heavy atom. The van der Waals surface area contributed by atoms with E-state index in [0.29, 0.717) is 53.2 Å². The lowest BCUT2D eigenvalue weighted by atomic mass is 10.1. The maximum absolute atomic E-state index is 13.1. The van der Waals surface area contributed by atoms with Gasteiger partial charge in [0.05, 0.1) is 5.69 Å². The van der Waals surface area contributed by atoms with E-state index in [4.69, 9.17) is 34.7 Å². The summed E-state index contributed by atoms with van der Waals surface area (Å²) in [6.45, 7) is 12.4. The van der Waals surface area contributed by atoms with Gasteiger partial charge in [0, 0.05) is 91.3 Å². The molecule has 2 aliphatic rings. The first-order valence-corrected chi connectivity index (χ1v) is 20.2. The van der Waals surface area contributed by atoms with E-state index in [1.807, 2.05) is 35.8 Å². The molecule has 10 nitrogen and oxygen atoms in total. The Kier molecular flexibility index (Phi) is 15.7. The van der Waals surface area contributed by atoms with Gasteiger partial charge in [-0.15, -0.1) is 0 Å². The molecule has 312 valence electrons. The number of urea groups is 1. The Bertz CT molecular complexity index is 2150. The van der Waals surface area contributed by atoms with Gasteiger partial charge in [-0.3, -0.25) is 19.4 Å². The number of piperazine rings is 2. The van der Waals surface area contributed by atoms with Gasteiger partial charge in [0.25, 0.3) is 0 Å². The number of rotatable bonds is 9. The number of carbonyl (C=O) groups excluding carboxylic acids is 3. The summed E-state index contributed by atoms with van der Waals surface area (Å²) >= 11 is 11.9. The van der Waals surface area contributed by atoms with Crippen molar-refractivity contribution in [3.8, 4) is 0 Å². The van der Waals surface area contributed by atoms with Gasteiger partial charge in [-0.05, 0) is 111 Å². The second kappa shape index (κ2) is 20.6. The van der Waals surface area contributed by atoms with Crippen LogP contribution in [-0.2, 0) is 22.7 Å². The van der Waals surface area contributed by atoms with Crippen molar-refractivity contribution in [3.63, 3.8) is 0 Å². The van der Waals surface area contributed by atoms with Crippen LogP contribution in [0.5, 0.6) is 0 Å². The predicted octanol–water partition coefficient (Wildman–Crippen LogP) is 8.30. The highest BCUT2D eigenvalue weighted by Crippen LogP contribution is 2.25. The lowest BCUT2D eigenvalue weighted by Crippen LogP contribution is -2.57. The molecular weight excluding hydrogens is 795 g/mol. The lowest BCUT2D eigenvalue weighted by molar-refractivity contribution is -0.132. The number of hydrogen-bond acceptors (Lipinski definition) is 6. The zero-order valence-electron chi connectivity index (χ0n) is 33.6. The van der Waals surface area contributed by atoms with Gasteiger partial charge >= 0.3 is 6.03 Å². The summed E-state index contributed by atoms with van der Waals surface area (Å²) in [7, 11) is 0. The minimum atomic E-state index is -0.706. The van der Waals surface area contributed by atoms with E-state index in [-0.39, 0.29) is 47.6 Å². The Morgan fingerprint density at radius 3 is 1.51 bits per heavy atom. The molecule has 0 aromatic heterocycles. The number of nitrogens with one attached hydrogen (secondary N) is 1. The van der Waals surface area contributed by atoms with Crippen molar-refractivity contribution in [1.82, 2.24) is 19.6 Å². The standard InChI is InChI=1S/C23H26ClFN4O2.C22H25ClFN3O/c1-15-13-29(16(2)12-28(15)14-17-3-8-20(25)9-4-17)22(30)10-6-18-5-7-19(24)11-21(18)27-23(26)31;1-15-13-27(22(28)10-6-18-5-7-19(23)11-21(18)25)16(2)12-26(15)14-17-3-8-20(24)9-4-17/h3-11,15-16H,12-14H2,1-2H3,(H3,26,27,31);3-11,15-16H,12-14,25H2,1-2H3/b2*10-6+/t2*15-,16+/m00/s1. The lowest BCUT2D eigenvalue weighted by Gasteiger charge is -2.44. The number of halogens is 4. The van der Waals surface area contributed by atoms with E-state index in [2.05, 4.69) is 29.0 Å². The van der Waals surface area contributed by atoms with Crippen molar-refractivity contribution >= 4 is 64.6 Å². The summed E-state index contributed by atoms with van der Waals surface area (Å²) in [5.41, 5.74) is 15.6. The maximum Gasteiger partial charge on any atom is 0.316 e. The summed E-state index contributed by atoms with van der Waals surface area (Å²) in [6, 6.07) is 23.0. The molecular formula is C45H51Cl2F2N7O3. The highest BCUT2D eigenvalue weighted by molar-refractivity contribution is 6.31. The normalized spacial score (nSPS) is 20.1. The zero-order valence-corrected chi connectivity index (χ0v) is 35.1. The molecule has 0 bridgehead atoms. The van der Waals surface area contributed by atoms with Crippen molar-refractivity contribution < 1.29 is 23.2 Å². The van der Waals surface area contributed by atoms with Crippen molar-refractivity contribution in [2.24, 2.45) is 5.73 Å². The van der Waals surface area contributed by atoms with Crippen molar-refractivity contribution in [3.05, 3.63) is 141 Å². The number of nitrogens with zero attached hydrogens (tertiary/aromatic N) is 4. The Balaban J connectivity index is 0.000000225. The molecule has 4 aromatic carbocycles. The van der Waals surface area contributed by atoms with Gasteiger partial charge in [-0.25, -0.2) is 13.6 Å². The number of carbonyl (C=O) groups is 3. The fraction of sp³-hybridized carbons (Fsp3) is 0.311. The quantitative estimate of drug-likeness (QED) is 0.115. The van der Waals surface area contributed by atoms with Gasteiger partial charge in [0.1, 0.15) is 11.6 Å². The van der Waals surface area contributed by atoms with Gasteiger partial charge in [-0.1, -0.05) is 59.6 Å². The monoisotopic (exact) mass is 845 g/mol. The van der Waals surface area contributed by atoms with Crippen LogP contribution in [0, 0.1) is 11.6 Å². The Morgan fingerprint density at radius 1 is 0.644 bits per heavy atom.